The van der Waals surface area contributed by atoms with Gasteiger partial charge in [-0.1, -0.05) is 43.3 Å². The van der Waals surface area contributed by atoms with Crippen molar-refractivity contribution in [2.24, 2.45) is 5.92 Å². The maximum absolute atomic E-state index is 14.0. The molecule has 3 aromatic rings. The van der Waals surface area contributed by atoms with E-state index in [4.69, 9.17) is 4.74 Å². The summed E-state index contributed by atoms with van der Waals surface area (Å²) in [5, 5.41) is 4.01. The molecule has 9 nitrogen and oxygen atoms in total. The van der Waals surface area contributed by atoms with E-state index in [2.05, 4.69) is 10.1 Å². The lowest BCUT2D eigenvalue weighted by molar-refractivity contribution is -0.145. The number of para-hydroxylation sites is 1. The number of ether oxygens (including phenoxy) is 2. The van der Waals surface area contributed by atoms with Gasteiger partial charge in [0.1, 0.15) is 30.5 Å². The number of benzene rings is 3. The number of amides is 2. The number of hydrogen-bond donors (Lipinski definition) is 2. The van der Waals surface area contributed by atoms with Gasteiger partial charge in [-0.25, -0.2) is 17.6 Å². The summed E-state index contributed by atoms with van der Waals surface area (Å²) in [6.45, 7) is -0.156. The maximum atomic E-state index is 14.0. The zero-order valence-corrected chi connectivity index (χ0v) is 24.0. The molecule has 0 radical (unpaired) electrons. The van der Waals surface area contributed by atoms with Gasteiger partial charge >= 0.3 is 5.97 Å². The van der Waals surface area contributed by atoms with E-state index < -0.39 is 114 Å². The van der Waals surface area contributed by atoms with Crippen LogP contribution in [-0.2, 0) is 35.3 Å². The fourth-order valence-electron chi connectivity index (χ4n) is 3.89. The highest BCUT2D eigenvalue weighted by Gasteiger charge is 2.29. The van der Waals surface area contributed by atoms with Crippen molar-refractivity contribution in [2.75, 3.05) is 11.9 Å². The van der Waals surface area contributed by atoms with Crippen LogP contribution in [0.3, 0.4) is 0 Å². The van der Waals surface area contributed by atoms with Gasteiger partial charge in [0.2, 0.25) is 23.3 Å². The number of rotatable bonds is 15. The molecule has 0 aliphatic rings. The molecule has 3 aromatic carbocycles. The fourth-order valence-corrected chi connectivity index (χ4v) is 3.89. The lowest BCUT2D eigenvalue weighted by Gasteiger charge is -2.20. The Labute approximate surface area is 257 Å². The van der Waals surface area contributed by atoms with E-state index in [1.54, 1.807) is 35.6 Å². The molecule has 0 saturated heterocycles. The van der Waals surface area contributed by atoms with Crippen LogP contribution >= 0.6 is 0 Å². The van der Waals surface area contributed by atoms with Crippen LogP contribution in [0.4, 0.5) is 32.0 Å². The standard InChI is InChI=1S/C31H26F6N2O7/c1-16(12-23(40)31(44)39-28-18(32)8-5-9-19(28)33)30(43)38-22(10-11-25(42)45-14-17-6-3-2-4-7-17)24(41)15-46-29-26(36)20(34)13-21(35)27(29)37/h2-9,13,16,22H,10-12,14-15H2,1H3,(H,38,43)(H,39,44)/t16-,22+/m1/s1. The minimum absolute atomic E-state index is 0.0702. The van der Waals surface area contributed by atoms with Crippen LogP contribution in [0.2, 0.25) is 0 Å². The molecule has 0 aliphatic heterocycles. The number of hydrogen-bond acceptors (Lipinski definition) is 7. The third-order valence-corrected chi connectivity index (χ3v) is 6.41. The number of ketones is 2. The monoisotopic (exact) mass is 652 g/mol. The van der Waals surface area contributed by atoms with Gasteiger partial charge in [0, 0.05) is 24.8 Å². The van der Waals surface area contributed by atoms with Crippen molar-refractivity contribution in [3.8, 4) is 5.75 Å². The lowest BCUT2D eigenvalue weighted by atomic mass is 10.0. The minimum Gasteiger partial charge on any atom is -0.479 e. The second-order valence-corrected chi connectivity index (χ2v) is 9.88. The van der Waals surface area contributed by atoms with Gasteiger partial charge in [-0.3, -0.25) is 24.0 Å². The van der Waals surface area contributed by atoms with Gasteiger partial charge in [-0.05, 0) is 24.1 Å². The highest BCUT2D eigenvalue weighted by molar-refractivity contribution is 6.40. The summed E-state index contributed by atoms with van der Waals surface area (Å²) >= 11 is 0. The average Bonchev–Trinajstić information content (AvgIpc) is 3.02. The Bertz CT molecular complexity index is 1570. The molecule has 0 spiro atoms. The molecule has 2 atom stereocenters. The number of Topliss-reactive ketones (excluding diaryl/α,β-unsaturated/α-hetero) is 2. The van der Waals surface area contributed by atoms with Gasteiger partial charge in [0.25, 0.3) is 5.91 Å². The van der Waals surface area contributed by atoms with Crippen LogP contribution in [0.1, 0.15) is 31.7 Å². The molecule has 15 heteroatoms. The van der Waals surface area contributed by atoms with Crippen LogP contribution < -0.4 is 15.4 Å². The van der Waals surface area contributed by atoms with Crippen molar-refractivity contribution in [3.63, 3.8) is 0 Å². The Hall–Kier alpha value is -5.21. The molecule has 2 amide bonds. The van der Waals surface area contributed by atoms with Gasteiger partial charge in [0.05, 0.1) is 6.04 Å². The van der Waals surface area contributed by atoms with Crippen LogP contribution in [0.5, 0.6) is 5.75 Å². The Morgan fingerprint density at radius 3 is 2.02 bits per heavy atom. The van der Waals surface area contributed by atoms with Crippen LogP contribution in [-0.4, -0.2) is 42.0 Å². The lowest BCUT2D eigenvalue weighted by Crippen LogP contribution is -2.46. The molecular formula is C31H26F6N2O7. The Balaban J connectivity index is 1.67. The Morgan fingerprint density at radius 2 is 1.41 bits per heavy atom. The van der Waals surface area contributed by atoms with Crippen molar-refractivity contribution in [1.29, 1.82) is 0 Å². The maximum Gasteiger partial charge on any atom is 0.306 e. The van der Waals surface area contributed by atoms with Gasteiger partial charge in [0.15, 0.2) is 23.2 Å². The summed E-state index contributed by atoms with van der Waals surface area (Å²) in [4.78, 5) is 62.7. The largest absolute Gasteiger partial charge is 0.479 e. The first-order chi connectivity index (χ1) is 21.8. The molecular weight excluding hydrogens is 626 g/mol. The topological polar surface area (TPSA) is 128 Å². The Kier molecular flexibility index (Phi) is 12.4. The predicted molar refractivity (Wildman–Crippen MR) is 148 cm³/mol. The van der Waals surface area contributed by atoms with Crippen LogP contribution in [0.15, 0.2) is 54.6 Å². The van der Waals surface area contributed by atoms with E-state index in [1.807, 2.05) is 0 Å². The number of carbonyl (C=O) groups is 5. The summed E-state index contributed by atoms with van der Waals surface area (Å²) in [5.74, 6) is -18.2. The third kappa shape index (κ3) is 9.64. The number of carbonyl (C=O) groups excluding carboxylic acids is 5. The molecule has 0 aromatic heterocycles. The molecule has 3 rings (SSSR count). The molecule has 0 fully saturated rings. The Morgan fingerprint density at radius 1 is 0.804 bits per heavy atom. The highest BCUT2D eigenvalue weighted by atomic mass is 19.2. The number of halogens is 6. The van der Waals surface area contributed by atoms with Gasteiger partial charge in [-0.15, -0.1) is 0 Å². The summed E-state index contributed by atoms with van der Waals surface area (Å²) in [7, 11) is 0. The van der Waals surface area contributed by atoms with Gasteiger partial charge < -0.3 is 20.1 Å². The van der Waals surface area contributed by atoms with E-state index in [0.29, 0.717) is 5.56 Å². The SMILES string of the molecule is C[C@H](CC(=O)C(=O)Nc1c(F)cccc1F)C(=O)N[C@@H](CCC(=O)OCc1ccccc1)C(=O)COc1c(F)c(F)cc(F)c1F. The number of nitrogens with one attached hydrogen (secondary N) is 2. The zero-order valence-electron chi connectivity index (χ0n) is 24.0. The molecule has 0 aliphatic carbocycles. The van der Waals surface area contributed by atoms with E-state index in [9.17, 15) is 50.3 Å². The molecule has 0 saturated carbocycles. The molecule has 244 valence electrons. The zero-order chi connectivity index (χ0) is 34.0. The molecule has 2 N–H and O–H groups in total. The summed E-state index contributed by atoms with van der Waals surface area (Å²) < 4.78 is 92.5. The van der Waals surface area contributed by atoms with Crippen molar-refractivity contribution in [3.05, 3.63) is 95.1 Å². The normalized spacial score (nSPS) is 12.1. The average molecular weight is 653 g/mol. The summed E-state index contributed by atoms with van der Waals surface area (Å²) in [5.41, 5.74) is -0.231. The van der Waals surface area contributed by atoms with E-state index in [1.165, 1.54) is 6.92 Å². The van der Waals surface area contributed by atoms with E-state index in [-0.39, 0.29) is 12.7 Å². The smallest absolute Gasteiger partial charge is 0.306 e. The number of esters is 1. The summed E-state index contributed by atoms with van der Waals surface area (Å²) in [6.07, 6.45) is -1.70. The summed E-state index contributed by atoms with van der Waals surface area (Å²) in [6, 6.07) is 9.54. The van der Waals surface area contributed by atoms with Crippen LogP contribution in [0, 0.1) is 40.8 Å². The molecule has 46 heavy (non-hydrogen) atoms. The molecule has 0 heterocycles. The third-order valence-electron chi connectivity index (χ3n) is 6.41. The van der Waals surface area contributed by atoms with E-state index in [0.717, 1.165) is 18.2 Å². The van der Waals surface area contributed by atoms with E-state index >= 15 is 0 Å². The molecule has 0 bridgehead atoms. The van der Waals surface area contributed by atoms with Crippen molar-refractivity contribution in [1.82, 2.24) is 5.32 Å². The highest BCUT2D eigenvalue weighted by Crippen LogP contribution is 2.26. The van der Waals surface area contributed by atoms with Gasteiger partial charge in [-0.2, -0.15) is 8.78 Å². The first kappa shape index (κ1) is 35.3. The molecule has 0 unspecified atom stereocenters. The minimum atomic E-state index is -1.92. The van der Waals surface area contributed by atoms with Crippen molar-refractivity contribution < 1.29 is 59.8 Å². The first-order valence-corrected chi connectivity index (χ1v) is 13.5. The second-order valence-electron chi connectivity index (χ2n) is 9.88. The predicted octanol–water partition coefficient (Wildman–Crippen LogP) is 4.71. The van der Waals surface area contributed by atoms with Crippen LogP contribution in [0.25, 0.3) is 0 Å². The van der Waals surface area contributed by atoms with Crippen molar-refractivity contribution in [2.45, 2.75) is 38.8 Å². The second kappa shape index (κ2) is 16.2. The quantitative estimate of drug-likeness (QED) is 0.105. The fraction of sp³-hybridized carbons (Fsp3) is 0.258. The van der Waals surface area contributed by atoms with Crippen molar-refractivity contribution >= 4 is 35.0 Å². The first-order valence-electron chi connectivity index (χ1n) is 13.5. The number of anilines is 1.